The average molecular weight is 295 g/mol. The Balaban J connectivity index is 2.06. The molecule has 8 nitrogen and oxygen atoms in total. The molecule has 2 aromatic heterocycles. The molecule has 2 heterocycles. The number of rotatable bonds is 4. The van der Waals surface area contributed by atoms with Gasteiger partial charge in [0.2, 0.25) is 5.91 Å². The van der Waals surface area contributed by atoms with E-state index in [1.807, 2.05) is 13.8 Å². The molecule has 0 atom stereocenters. The lowest BCUT2D eigenvalue weighted by molar-refractivity contribution is -0.385. The van der Waals surface area contributed by atoms with Crippen LogP contribution in [0, 0.1) is 30.9 Å². The zero-order chi connectivity index (χ0) is 14.9. The molecular formula is C11H13N5O3S. The van der Waals surface area contributed by atoms with Crippen molar-refractivity contribution in [1.82, 2.24) is 14.8 Å². The van der Waals surface area contributed by atoms with E-state index in [-0.39, 0.29) is 18.1 Å². The maximum Gasteiger partial charge on any atom is 0.309 e. The highest BCUT2D eigenvalue weighted by molar-refractivity contribution is 7.15. The summed E-state index contributed by atoms with van der Waals surface area (Å²) in [5.74, 6) is -0.320. The molecule has 1 amide bonds. The van der Waals surface area contributed by atoms with Crippen LogP contribution in [0.15, 0.2) is 6.20 Å². The molecule has 1 N–H and O–H groups in total. The third-order valence-corrected chi connectivity index (χ3v) is 3.83. The number of carbonyl (C=O) groups excluding carboxylic acids is 1. The first kappa shape index (κ1) is 14.1. The van der Waals surface area contributed by atoms with Crippen molar-refractivity contribution in [3.8, 4) is 0 Å². The van der Waals surface area contributed by atoms with Crippen LogP contribution in [0.3, 0.4) is 0 Å². The Morgan fingerprint density at radius 3 is 2.70 bits per heavy atom. The van der Waals surface area contributed by atoms with Crippen LogP contribution in [0.1, 0.15) is 16.3 Å². The van der Waals surface area contributed by atoms with E-state index in [0.717, 1.165) is 16.8 Å². The summed E-state index contributed by atoms with van der Waals surface area (Å²) >= 11 is 1.39. The van der Waals surface area contributed by atoms with Gasteiger partial charge in [0.05, 0.1) is 10.6 Å². The lowest BCUT2D eigenvalue weighted by Gasteiger charge is -2.03. The highest BCUT2D eigenvalue weighted by Crippen LogP contribution is 2.21. The first-order valence-electron chi connectivity index (χ1n) is 5.79. The van der Waals surface area contributed by atoms with Gasteiger partial charge in [-0.3, -0.25) is 19.6 Å². The number of anilines is 1. The van der Waals surface area contributed by atoms with E-state index in [4.69, 9.17) is 0 Å². The van der Waals surface area contributed by atoms with Crippen molar-refractivity contribution in [3.63, 3.8) is 0 Å². The van der Waals surface area contributed by atoms with Crippen molar-refractivity contribution in [3.05, 3.63) is 32.6 Å². The minimum Gasteiger partial charge on any atom is -0.300 e. The number of amides is 1. The molecule has 0 aliphatic rings. The normalized spacial score (nSPS) is 10.6. The summed E-state index contributed by atoms with van der Waals surface area (Å²) in [7, 11) is 0. The van der Waals surface area contributed by atoms with Crippen LogP contribution in [0.4, 0.5) is 10.8 Å². The van der Waals surface area contributed by atoms with E-state index >= 15 is 0 Å². The molecule has 20 heavy (non-hydrogen) atoms. The second-order valence-electron chi connectivity index (χ2n) is 4.24. The predicted octanol–water partition coefficient (Wildman–Crippen LogP) is 1.81. The summed E-state index contributed by atoms with van der Waals surface area (Å²) in [5, 5.41) is 17.7. The molecule has 0 fully saturated rings. The monoisotopic (exact) mass is 295 g/mol. The molecular weight excluding hydrogens is 282 g/mol. The van der Waals surface area contributed by atoms with Crippen LogP contribution in [0.25, 0.3) is 0 Å². The van der Waals surface area contributed by atoms with Gasteiger partial charge < -0.3 is 5.32 Å². The van der Waals surface area contributed by atoms with E-state index in [1.54, 1.807) is 6.92 Å². The Bertz CT molecular complexity index is 656. The van der Waals surface area contributed by atoms with Crippen LogP contribution in [0.2, 0.25) is 0 Å². The van der Waals surface area contributed by atoms with Gasteiger partial charge in [-0.1, -0.05) is 0 Å². The van der Waals surface area contributed by atoms with E-state index in [2.05, 4.69) is 15.4 Å². The van der Waals surface area contributed by atoms with Crippen LogP contribution in [0.5, 0.6) is 0 Å². The standard InChI is InChI=1S/C11H13N5O3S/c1-6-8(3)20-11(13-6)14-10(17)5-15-7(2)9(4-12-15)16(18)19/h4H,5H2,1-3H3,(H,13,14,17). The molecule has 0 bridgehead atoms. The van der Waals surface area contributed by atoms with Crippen LogP contribution >= 0.6 is 11.3 Å². The minimum absolute atomic E-state index is 0.0860. The van der Waals surface area contributed by atoms with E-state index in [9.17, 15) is 14.9 Å². The lowest BCUT2D eigenvalue weighted by atomic mass is 10.4. The zero-order valence-corrected chi connectivity index (χ0v) is 12.0. The van der Waals surface area contributed by atoms with Crippen molar-refractivity contribution in [1.29, 1.82) is 0 Å². The quantitative estimate of drug-likeness (QED) is 0.684. The SMILES string of the molecule is Cc1nc(NC(=O)Cn2ncc([N+](=O)[O-])c2C)sc1C. The van der Waals surface area contributed by atoms with Gasteiger partial charge in [-0.25, -0.2) is 4.98 Å². The largest absolute Gasteiger partial charge is 0.309 e. The van der Waals surface area contributed by atoms with Crippen molar-refractivity contribution in [2.45, 2.75) is 27.3 Å². The Kier molecular flexibility index (Phi) is 3.79. The van der Waals surface area contributed by atoms with Gasteiger partial charge in [0.1, 0.15) is 18.4 Å². The van der Waals surface area contributed by atoms with Crippen molar-refractivity contribution < 1.29 is 9.72 Å². The summed E-state index contributed by atoms with van der Waals surface area (Å²) in [6, 6.07) is 0. The summed E-state index contributed by atoms with van der Waals surface area (Å²) in [5.41, 5.74) is 1.12. The van der Waals surface area contributed by atoms with Gasteiger partial charge in [-0.15, -0.1) is 11.3 Å². The summed E-state index contributed by atoms with van der Waals surface area (Å²) in [4.78, 5) is 27.3. The molecule has 0 aliphatic carbocycles. The molecule has 0 unspecified atom stereocenters. The number of hydrogen-bond acceptors (Lipinski definition) is 6. The van der Waals surface area contributed by atoms with Crippen molar-refractivity contribution in [2.24, 2.45) is 0 Å². The van der Waals surface area contributed by atoms with Gasteiger partial charge in [0.15, 0.2) is 5.13 Å². The van der Waals surface area contributed by atoms with Gasteiger partial charge in [-0.05, 0) is 20.8 Å². The molecule has 106 valence electrons. The maximum absolute atomic E-state index is 11.9. The Morgan fingerprint density at radius 2 is 2.20 bits per heavy atom. The summed E-state index contributed by atoms with van der Waals surface area (Å²) < 4.78 is 1.29. The molecule has 0 radical (unpaired) electrons. The summed E-state index contributed by atoms with van der Waals surface area (Å²) in [6.45, 7) is 5.25. The second kappa shape index (κ2) is 5.37. The van der Waals surface area contributed by atoms with Gasteiger partial charge in [-0.2, -0.15) is 5.10 Å². The Morgan fingerprint density at radius 1 is 1.50 bits per heavy atom. The number of aromatic nitrogens is 3. The number of carbonyl (C=O) groups is 1. The first-order valence-corrected chi connectivity index (χ1v) is 6.61. The summed E-state index contributed by atoms with van der Waals surface area (Å²) in [6.07, 6.45) is 1.14. The molecule has 0 saturated heterocycles. The average Bonchev–Trinajstić information content (AvgIpc) is 2.84. The lowest BCUT2D eigenvalue weighted by Crippen LogP contribution is -2.20. The van der Waals surface area contributed by atoms with Crippen LogP contribution < -0.4 is 5.32 Å². The fourth-order valence-electron chi connectivity index (χ4n) is 1.60. The second-order valence-corrected chi connectivity index (χ2v) is 5.44. The Hall–Kier alpha value is -2.29. The van der Waals surface area contributed by atoms with Gasteiger partial charge >= 0.3 is 5.69 Å². The highest BCUT2D eigenvalue weighted by Gasteiger charge is 2.18. The maximum atomic E-state index is 11.9. The van der Waals surface area contributed by atoms with Crippen molar-refractivity contribution >= 4 is 28.1 Å². The number of aryl methyl sites for hydroxylation is 2. The number of nitro groups is 1. The van der Waals surface area contributed by atoms with Crippen molar-refractivity contribution in [2.75, 3.05) is 5.32 Å². The Labute approximate surface area is 118 Å². The van der Waals surface area contributed by atoms with Gasteiger partial charge in [0.25, 0.3) is 0 Å². The third kappa shape index (κ3) is 2.82. The van der Waals surface area contributed by atoms with Crippen LogP contribution in [-0.4, -0.2) is 25.6 Å². The first-order chi connectivity index (χ1) is 9.38. The third-order valence-electron chi connectivity index (χ3n) is 2.84. The topological polar surface area (TPSA) is 103 Å². The number of nitrogens with one attached hydrogen (secondary N) is 1. The van der Waals surface area contributed by atoms with Crippen LogP contribution in [-0.2, 0) is 11.3 Å². The molecule has 0 spiro atoms. The van der Waals surface area contributed by atoms with E-state index in [0.29, 0.717) is 10.8 Å². The molecule has 0 aliphatic heterocycles. The predicted molar refractivity (Wildman–Crippen MR) is 73.8 cm³/mol. The molecule has 0 saturated carbocycles. The van der Waals surface area contributed by atoms with E-state index in [1.165, 1.54) is 16.0 Å². The smallest absolute Gasteiger partial charge is 0.300 e. The van der Waals surface area contributed by atoms with Gasteiger partial charge in [0, 0.05) is 4.88 Å². The zero-order valence-electron chi connectivity index (χ0n) is 11.2. The van der Waals surface area contributed by atoms with E-state index < -0.39 is 4.92 Å². The molecule has 2 aromatic rings. The highest BCUT2D eigenvalue weighted by atomic mass is 32.1. The number of thiazole rings is 1. The minimum atomic E-state index is -0.524. The molecule has 9 heteroatoms. The fourth-order valence-corrected chi connectivity index (χ4v) is 2.43. The number of nitrogens with zero attached hydrogens (tertiary/aromatic N) is 4. The molecule has 2 rings (SSSR count). The fraction of sp³-hybridized carbons (Fsp3) is 0.364. The molecule has 0 aromatic carbocycles. The number of hydrogen-bond donors (Lipinski definition) is 1.